The number of aromatic nitrogens is 2. The molecule has 3 aromatic rings. The predicted octanol–water partition coefficient (Wildman–Crippen LogP) is 3.07. The average Bonchev–Trinajstić information content (AvgIpc) is 2.97. The highest BCUT2D eigenvalue weighted by molar-refractivity contribution is 7.99. The Bertz CT molecular complexity index is 1070. The quantitative estimate of drug-likeness (QED) is 0.472. The number of benzene rings is 1. The van der Waals surface area contributed by atoms with Crippen molar-refractivity contribution >= 4 is 39.2 Å². The summed E-state index contributed by atoms with van der Waals surface area (Å²) in [6, 6.07) is 7.76. The number of ether oxygens (including phenoxy) is 1. The third kappa shape index (κ3) is 4.23. The number of nitrogens with zero attached hydrogens (tertiary/aromatic N) is 2. The predicted molar refractivity (Wildman–Crippen MR) is 115 cm³/mol. The summed E-state index contributed by atoms with van der Waals surface area (Å²) in [5, 5.41) is 4.14. The van der Waals surface area contributed by atoms with Crippen molar-refractivity contribution in [1.29, 1.82) is 0 Å². The molecule has 0 bridgehead atoms. The van der Waals surface area contributed by atoms with E-state index in [1.165, 1.54) is 27.7 Å². The molecule has 1 amide bonds. The Labute approximate surface area is 171 Å². The minimum absolute atomic E-state index is 0.0640. The van der Waals surface area contributed by atoms with Gasteiger partial charge >= 0.3 is 0 Å². The maximum Gasteiger partial charge on any atom is 0.262 e. The van der Waals surface area contributed by atoms with E-state index in [9.17, 15) is 9.59 Å². The maximum absolute atomic E-state index is 12.6. The summed E-state index contributed by atoms with van der Waals surface area (Å²) in [5.74, 6) is 0.939. The molecule has 8 heteroatoms. The van der Waals surface area contributed by atoms with Crippen molar-refractivity contribution in [1.82, 2.24) is 14.9 Å². The first-order chi connectivity index (χ1) is 13.4. The number of rotatable bonds is 7. The Morgan fingerprint density at radius 2 is 2.07 bits per heavy atom. The van der Waals surface area contributed by atoms with E-state index in [2.05, 4.69) is 10.3 Å². The van der Waals surface area contributed by atoms with Crippen LogP contribution in [0.5, 0.6) is 5.75 Å². The molecule has 0 saturated carbocycles. The smallest absolute Gasteiger partial charge is 0.262 e. The standard InChI is InChI=1S/C20H23N3O3S2/c1-12-13(2)28-18-17(12)19(25)23(3)20(22-18)27-11-16(24)21-10-9-14-7-5-6-8-15(14)26-4/h5-8H,9-11H2,1-4H3,(H,21,24). The first-order valence-electron chi connectivity index (χ1n) is 8.90. The van der Waals surface area contributed by atoms with Crippen molar-refractivity contribution < 1.29 is 9.53 Å². The fraction of sp³-hybridized carbons (Fsp3) is 0.350. The summed E-state index contributed by atoms with van der Waals surface area (Å²) < 4.78 is 6.84. The normalized spacial score (nSPS) is 11.0. The van der Waals surface area contributed by atoms with E-state index in [1.807, 2.05) is 38.1 Å². The molecule has 0 fully saturated rings. The number of methoxy groups -OCH3 is 1. The van der Waals surface area contributed by atoms with Gasteiger partial charge in [0.15, 0.2) is 5.16 Å². The van der Waals surface area contributed by atoms with Gasteiger partial charge in [-0.25, -0.2) is 4.98 Å². The Kier molecular flexibility index (Phi) is 6.41. The number of hydrogen-bond acceptors (Lipinski definition) is 6. The molecule has 148 valence electrons. The van der Waals surface area contributed by atoms with E-state index in [0.717, 1.165) is 26.6 Å². The van der Waals surface area contributed by atoms with Crippen LogP contribution < -0.4 is 15.6 Å². The molecule has 3 rings (SSSR count). The summed E-state index contributed by atoms with van der Waals surface area (Å²) in [5.41, 5.74) is 1.97. The van der Waals surface area contributed by atoms with E-state index in [1.54, 1.807) is 14.2 Å². The van der Waals surface area contributed by atoms with Gasteiger partial charge in [-0.1, -0.05) is 30.0 Å². The second-order valence-electron chi connectivity index (χ2n) is 6.42. The summed E-state index contributed by atoms with van der Waals surface area (Å²) >= 11 is 2.79. The second kappa shape index (κ2) is 8.79. The molecule has 6 nitrogen and oxygen atoms in total. The van der Waals surface area contributed by atoms with Gasteiger partial charge in [0.2, 0.25) is 5.91 Å². The van der Waals surface area contributed by atoms with E-state index in [4.69, 9.17) is 4.74 Å². The fourth-order valence-corrected chi connectivity index (χ4v) is 4.78. The van der Waals surface area contributed by atoms with Crippen LogP contribution in [0.1, 0.15) is 16.0 Å². The molecule has 0 aliphatic heterocycles. The second-order valence-corrected chi connectivity index (χ2v) is 8.57. The zero-order valence-electron chi connectivity index (χ0n) is 16.4. The van der Waals surface area contributed by atoms with E-state index in [0.29, 0.717) is 23.5 Å². The number of nitrogens with one attached hydrogen (secondary N) is 1. The first kappa shape index (κ1) is 20.4. The number of thiophene rings is 1. The molecule has 0 aliphatic carbocycles. The highest BCUT2D eigenvalue weighted by atomic mass is 32.2. The van der Waals surface area contributed by atoms with Gasteiger partial charge in [-0.05, 0) is 37.5 Å². The van der Waals surface area contributed by atoms with E-state index in [-0.39, 0.29) is 17.2 Å². The van der Waals surface area contributed by atoms with Gasteiger partial charge in [0.1, 0.15) is 10.6 Å². The number of thioether (sulfide) groups is 1. The van der Waals surface area contributed by atoms with Gasteiger partial charge in [0.25, 0.3) is 5.56 Å². The van der Waals surface area contributed by atoms with E-state index < -0.39 is 0 Å². The summed E-state index contributed by atoms with van der Waals surface area (Å²) in [6.45, 7) is 4.46. The van der Waals surface area contributed by atoms with Gasteiger partial charge in [-0.3, -0.25) is 14.2 Å². The number of hydrogen-bond donors (Lipinski definition) is 1. The monoisotopic (exact) mass is 417 g/mol. The van der Waals surface area contributed by atoms with Crippen LogP contribution in [0.4, 0.5) is 0 Å². The number of fused-ring (bicyclic) bond motifs is 1. The Hall–Kier alpha value is -2.32. The summed E-state index contributed by atoms with van der Waals surface area (Å²) in [6.07, 6.45) is 0.691. The molecular formula is C20H23N3O3S2. The molecule has 28 heavy (non-hydrogen) atoms. The Morgan fingerprint density at radius 1 is 1.32 bits per heavy atom. The molecule has 0 unspecified atom stereocenters. The molecular weight excluding hydrogens is 394 g/mol. The van der Waals surface area contributed by atoms with Crippen LogP contribution in [0.15, 0.2) is 34.2 Å². The number of para-hydroxylation sites is 1. The first-order valence-corrected chi connectivity index (χ1v) is 10.7. The number of aryl methyl sites for hydroxylation is 2. The largest absolute Gasteiger partial charge is 0.496 e. The zero-order chi connectivity index (χ0) is 20.3. The molecule has 0 atom stereocenters. The minimum Gasteiger partial charge on any atom is -0.496 e. The summed E-state index contributed by atoms with van der Waals surface area (Å²) in [4.78, 5) is 31.2. The summed E-state index contributed by atoms with van der Waals surface area (Å²) in [7, 11) is 3.34. The Balaban J connectivity index is 1.60. The van der Waals surface area contributed by atoms with Crippen LogP contribution >= 0.6 is 23.1 Å². The minimum atomic E-state index is -0.0900. The molecule has 1 aromatic carbocycles. The van der Waals surface area contributed by atoms with Crippen LogP contribution in [-0.2, 0) is 18.3 Å². The van der Waals surface area contributed by atoms with Crippen molar-refractivity contribution in [3.63, 3.8) is 0 Å². The highest BCUT2D eigenvalue weighted by Gasteiger charge is 2.15. The maximum atomic E-state index is 12.6. The third-order valence-electron chi connectivity index (χ3n) is 4.61. The molecule has 0 radical (unpaired) electrons. The van der Waals surface area contributed by atoms with Gasteiger partial charge in [-0.15, -0.1) is 11.3 Å². The molecule has 2 heterocycles. The van der Waals surface area contributed by atoms with Crippen LogP contribution in [-0.4, -0.2) is 34.9 Å². The van der Waals surface area contributed by atoms with Crippen LogP contribution in [0, 0.1) is 13.8 Å². The lowest BCUT2D eigenvalue weighted by Gasteiger charge is -2.10. The lowest BCUT2D eigenvalue weighted by molar-refractivity contribution is -0.118. The third-order valence-corrected chi connectivity index (χ3v) is 6.74. The van der Waals surface area contributed by atoms with Crippen LogP contribution in [0.25, 0.3) is 10.2 Å². The van der Waals surface area contributed by atoms with Gasteiger partial charge < -0.3 is 10.1 Å². The highest BCUT2D eigenvalue weighted by Crippen LogP contribution is 2.28. The lowest BCUT2D eigenvalue weighted by Crippen LogP contribution is -2.28. The van der Waals surface area contributed by atoms with E-state index >= 15 is 0 Å². The molecule has 2 aromatic heterocycles. The van der Waals surface area contributed by atoms with Gasteiger partial charge in [0, 0.05) is 18.5 Å². The van der Waals surface area contributed by atoms with Crippen molar-refractivity contribution in [2.45, 2.75) is 25.4 Å². The lowest BCUT2D eigenvalue weighted by atomic mass is 10.1. The van der Waals surface area contributed by atoms with Crippen molar-refractivity contribution in [2.24, 2.45) is 7.05 Å². The molecule has 1 N–H and O–H groups in total. The Morgan fingerprint density at radius 3 is 2.82 bits per heavy atom. The zero-order valence-corrected chi connectivity index (χ0v) is 18.0. The molecule has 0 spiro atoms. The van der Waals surface area contributed by atoms with Gasteiger partial charge in [0.05, 0.1) is 18.2 Å². The topological polar surface area (TPSA) is 73.2 Å². The SMILES string of the molecule is COc1ccccc1CCNC(=O)CSc1nc2sc(C)c(C)c2c(=O)n1C. The molecule has 0 saturated heterocycles. The van der Waals surface area contributed by atoms with Crippen molar-refractivity contribution in [3.05, 3.63) is 50.6 Å². The van der Waals surface area contributed by atoms with Crippen molar-refractivity contribution in [3.8, 4) is 5.75 Å². The number of carbonyl (C=O) groups excluding carboxylic acids is 1. The van der Waals surface area contributed by atoms with Crippen LogP contribution in [0.2, 0.25) is 0 Å². The number of carbonyl (C=O) groups is 1. The number of amides is 1. The fourth-order valence-electron chi connectivity index (χ4n) is 2.91. The molecule has 0 aliphatic rings. The van der Waals surface area contributed by atoms with Crippen LogP contribution in [0.3, 0.4) is 0 Å². The average molecular weight is 418 g/mol. The van der Waals surface area contributed by atoms with Gasteiger partial charge in [-0.2, -0.15) is 0 Å². The van der Waals surface area contributed by atoms with Crippen molar-refractivity contribution in [2.75, 3.05) is 19.4 Å².